The molecule has 29 heavy (non-hydrogen) atoms. The average Bonchev–Trinajstić information content (AvgIpc) is 3.00. The van der Waals surface area contributed by atoms with Crippen LogP contribution in [0.4, 0.5) is 8.78 Å². The van der Waals surface area contributed by atoms with Crippen LogP contribution in [0.3, 0.4) is 0 Å². The Balaban J connectivity index is 1.84. The van der Waals surface area contributed by atoms with Crippen LogP contribution in [0.5, 0.6) is 0 Å². The van der Waals surface area contributed by atoms with E-state index in [2.05, 4.69) is 11.9 Å². The van der Waals surface area contributed by atoms with E-state index in [0.29, 0.717) is 25.1 Å². The van der Waals surface area contributed by atoms with Crippen LogP contribution in [-0.2, 0) is 22.6 Å². The van der Waals surface area contributed by atoms with Gasteiger partial charge in [-0.1, -0.05) is 24.8 Å². The number of allylic oxidation sites excluding steroid dienone is 3. The standard InChI is InChI=1S/C22H21F2N3O2/c1-3-17(28)27-8-7-13-12(10-27)5-4-6-14(13)18-16(23)9-15(22(25)29)21-19(18)20(24)11(2)26-21/h3-6,9,19,21,26H,1,7-8,10H2,2H3,(H2,25,29). The van der Waals surface area contributed by atoms with Crippen LogP contribution in [-0.4, -0.2) is 29.3 Å². The molecule has 7 heteroatoms. The number of carbonyl (C=O) groups is 2. The largest absolute Gasteiger partial charge is 0.378 e. The van der Waals surface area contributed by atoms with Crippen LogP contribution in [0.1, 0.15) is 23.6 Å². The number of hydrogen-bond acceptors (Lipinski definition) is 3. The normalized spacial score (nSPS) is 23.3. The van der Waals surface area contributed by atoms with Gasteiger partial charge in [-0.3, -0.25) is 9.59 Å². The molecule has 2 atom stereocenters. The van der Waals surface area contributed by atoms with E-state index in [1.165, 1.54) is 6.08 Å². The van der Waals surface area contributed by atoms with Gasteiger partial charge in [0.05, 0.1) is 12.0 Å². The van der Waals surface area contributed by atoms with Gasteiger partial charge in [0.2, 0.25) is 11.8 Å². The van der Waals surface area contributed by atoms with Crippen molar-refractivity contribution >= 4 is 17.4 Å². The van der Waals surface area contributed by atoms with Gasteiger partial charge in [-0.15, -0.1) is 0 Å². The zero-order chi connectivity index (χ0) is 20.9. The molecule has 3 N–H and O–H groups in total. The Morgan fingerprint density at radius 3 is 2.79 bits per heavy atom. The molecule has 150 valence electrons. The highest BCUT2D eigenvalue weighted by atomic mass is 19.1. The maximum absolute atomic E-state index is 15.2. The van der Waals surface area contributed by atoms with E-state index in [-0.39, 0.29) is 22.8 Å². The fourth-order valence-corrected chi connectivity index (χ4v) is 4.47. The molecule has 0 spiro atoms. The number of hydrogen-bond donors (Lipinski definition) is 2. The number of nitrogens with one attached hydrogen (secondary N) is 1. The third-order valence-corrected chi connectivity index (χ3v) is 5.85. The fraction of sp³-hybridized carbons (Fsp3) is 0.273. The van der Waals surface area contributed by atoms with Crippen molar-refractivity contribution in [2.24, 2.45) is 11.7 Å². The summed E-state index contributed by atoms with van der Waals surface area (Å²) in [7, 11) is 0. The van der Waals surface area contributed by atoms with E-state index < -0.39 is 29.5 Å². The Hall–Kier alpha value is -3.22. The predicted octanol–water partition coefficient (Wildman–Crippen LogP) is 2.65. The summed E-state index contributed by atoms with van der Waals surface area (Å²) >= 11 is 0. The molecule has 2 aliphatic heterocycles. The van der Waals surface area contributed by atoms with Gasteiger partial charge in [0.1, 0.15) is 11.7 Å². The fourth-order valence-electron chi connectivity index (χ4n) is 4.47. The molecule has 0 saturated heterocycles. The van der Waals surface area contributed by atoms with Crippen molar-refractivity contribution in [1.29, 1.82) is 0 Å². The predicted molar refractivity (Wildman–Crippen MR) is 105 cm³/mol. The lowest BCUT2D eigenvalue weighted by Gasteiger charge is -2.33. The van der Waals surface area contributed by atoms with Crippen LogP contribution >= 0.6 is 0 Å². The van der Waals surface area contributed by atoms with Gasteiger partial charge in [-0.25, -0.2) is 8.78 Å². The summed E-state index contributed by atoms with van der Waals surface area (Å²) in [4.78, 5) is 25.4. The van der Waals surface area contributed by atoms with Crippen molar-refractivity contribution in [1.82, 2.24) is 10.2 Å². The zero-order valence-electron chi connectivity index (χ0n) is 16.0. The smallest absolute Gasteiger partial charge is 0.246 e. The number of nitrogens with zero attached hydrogens (tertiary/aromatic N) is 1. The lowest BCUT2D eigenvalue weighted by molar-refractivity contribution is -0.126. The molecule has 0 radical (unpaired) electrons. The Bertz CT molecular complexity index is 1040. The van der Waals surface area contributed by atoms with E-state index >= 15 is 8.78 Å². The van der Waals surface area contributed by atoms with Gasteiger partial charge in [-0.05, 0) is 42.2 Å². The number of halogens is 2. The van der Waals surface area contributed by atoms with E-state index in [0.717, 1.165) is 17.2 Å². The maximum atomic E-state index is 15.2. The first-order valence-corrected chi connectivity index (χ1v) is 9.39. The number of amides is 2. The molecule has 2 heterocycles. The van der Waals surface area contributed by atoms with Crippen LogP contribution < -0.4 is 11.1 Å². The summed E-state index contributed by atoms with van der Waals surface area (Å²) in [5.41, 5.74) is 8.29. The highest BCUT2D eigenvalue weighted by molar-refractivity contribution is 5.97. The highest BCUT2D eigenvalue weighted by Crippen LogP contribution is 2.47. The third kappa shape index (κ3) is 2.97. The van der Waals surface area contributed by atoms with Gasteiger partial charge in [0, 0.05) is 29.9 Å². The van der Waals surface area contributed by atoms with Crippen molar-refractivity contribution in [2.75, 3.05) is 6.54 Å². The Kier molecular flexibility index (Phi) is 4.61. The maximum Gasteiger partial charge on any atom is 0.246 e. The average molecular weight is 397 g/mol. The van der Waals surface area contributed by atoms with Crippen molar-refractivity contribution < 1.29 is 18.4 Å². The summed E-state index contributed by atoms with van der Waals surface area (Å²) in [5.74, 6) is -3.06. The van der Waals surface area contributed by atoms with Crippen molar-refractivity contribution in [3.8, 4) is 0 Å². The first-order valence-electron chi connectivity index (χ1n) is 9.39. The third-order valence-electron chi connectivity index (χ3n) is 5.85. The van der Waals surface area contributed by atoms with Crippen LogP contribution in [0.15, 0.2) is 59.9 Å². The van der Waals surface area contributed by atoms with Gasteiger partial charge in [-0.2, -0.15) is 0 Å². The molecule has 1 aromatic carbocycles. The Labute approximate surface area is 167 Å². The Morgan fingerprint density at radius 1 is 1.34 bits per heavy atom. The van der Waals surface area contributed by atoms with Gasteiger partial charge >= 0.3 is 0 Å². The van der Waals surface area contributed by atoms with Crippen molar-refractivity contribution in [2.45, 2.75) is 25.9 Å². The number of fused-ring (bicyclic) bond motifs is 2. The zero-order valence-corrected chi connectivity index (χ0v) is 16.0. The summed E-state index contributed by atoms with van der Waals surface area (Å²) in [5, 5.41) is 2.94. The monoisotopic (exact) mass is 397 g/mol. The minimum Gasteiger partial charge on any atom is -0.378 e. The highest BCUT2D eigenvalue weighted by Gasteiger charge is 2.44. The van der Waals surface area contributed by atoms with Crippen LogP contribution in [0, 0.1) is 5.92 Å². The summed E-state index contributed by atoms with van der Waals surface area (Å²) < 4.78 is 30.2. The van der Waals surface area contributed by atoms with Gasteiger partial charge < -0.3 is 16.0 Å². The second-order valence-corrected chi connectivity index (χ2v) is 7.46. The topological polar surface area (TPSA) is 75.4 Å². The lowest BCUT2D eigenvalue weighted by atomic mass is 9.77. The molecular formula is C22H21F2N3O2. The first kappa shape index (κ1) is 19.1. The number of rotatable bonds is 3. The molecule has 4 rings (SSSR count). The minimum absolute atomic E-state index is 0.0239. The van der Waals surface area contributed by atoms with E-state index in [4.69, 9.17) is 5.73 Å². The number of primary amides is 1. The molecule has 1 aliphatic carbocycles. The Morgan fingerprint density at radius 2 is 2.10 bits per heavy atom. The minimum atomic E-state index is -0.957. The molecule has 0 fully saturated rings. The number of nitrogens with two attached hydrogens (primary N) is 1. The van der Waals surface area contributed by atoms with Crippen molar-refractivity contribution in [3.63, 3.8) is 0 Å². The molecule has 0 aromatic heterocycles. The molecule has 2 unspecified atom stereocenters. The second-order valence-electron chi connectivity index (χ2n) is 7.46. The summed E-state index contributed by atoms with van der Waals surface area (Å²) in [6, 6.07) is 4.69. The van der Waals surface area contributed by atoms with Crippen LogP contribution in [0.25, 0.3) is 5.57 Å². The molecule has 2 amide bonds. The van der Waals surface area contributed by atoms with Gasteiger partial charge in [0.15, 0.2) is 0 Å². The number of carbonyl (C=O) groups excluding carboxylic acids is 2. The molecular weight excluding hydrogens is 376 g/mol. The molecule has 5 nitrogen and oxygen atoms in total. The molecule has 3 aliphatic rings. The number of benzene rings is 1. The lowest BCUT2D eigenvalue weighted by Crippen LogP contribution is -2.39. The van der Waals surface area contributed by atoms with E-state index in [9.17, 15) is 9.59 Å². The summed E-state index contributed by atoms with van der Waals surface area (Å²) in [6.45, 7) is 5.93. The van der Waals surface area contributed by atoms with E-state index in [1.807, 2.05) is 6.07 Å². The SMILES string of the molecule is C=CC(=O)N1CCc2c(cccc2C2=C(F)C=C(C(N)=O)C3NC(C)=C(F)C23)C1. The molecule has 0 bridgehead atoms. The van der Waals surface area contributed by atoms with Gasteiger partial charge in [0.25, 0.3) is 0 Å². The summed E-state index contributed by atoms with van der Waals surface area (Å²) in [6.07, 6.45) is 2.89. The van der Waals surface area contributed by atoms with E-state index in [1.54, 1.807) is 24.0 Å². The molecule has 1 aromatic rings. The van der Waals surface area contributed by atoms with Crippen LogP contribution in [0.2, 0.25) is 0 Å². The molecule has 0 saturated carbocycles. The second kappa shape index (κ2) is 6.99. The quantitative estimate of drug-likeness (QED) is 0.770. The van der Waals surface area contributed by atoms with Crippen molar-refractivity contribution in [3.05, 3.63) is 76.5 Å². The first-order chi connectivity index (χ1) is 13.8.